The molecule has 2 heterocycles. The number of fused-ring (bicyclic) bond motifs is 1. The van der Waals surface area contributed by atoms with Gasteiger partial charge in [-0.15, -0.1) is 0 Å². The lowest BCUT2D eigenvalue weighted by Crippen LogP contribution is -2.31. The van der Waals surface area contributed by atoms with Crippen LogP contribution in [0.25, 0.3) is 16.6 Å². The Hall–Kier alpha value is -3.94. The zero-order valence-electron chi connectivity index (χ0n) is 16.7. The SMILES string of the molecule is CCOc1ccc(NC(=O)Cn2nc(C)c3cnn(-c4ccccc4)c3c2=O)cc1. The summed E-state index contributed by atoms with van der Waals surface area (Å²) in [5.74, 6) is 0.377. The number of para-hydroxylation sites is 1. The number of ether oxygens (including phenoxy) is 1. The molecular formula is C22H21N5O3. The molecule has 8 heteroatoms. The lowest BCUT2D eigenvalue weighted by molar-refractivity contribution is -0.117. The van der Waals surface area contributed by atoms with Crippen molar-refractivity contribution < 1.29 is 9.53 Å². The number of benzene rings is 2. The number of anilines is 1. The third-order valence-corrected chi connectivity index (χ3v) is 4.61. The quantitative estimate of drug-likeness (QED) is 0.535. The van der Waals surface area contributed by atoms with Crippen molar-refractivity contribution in [2.45, 2.75) is 20.4 Å². The zero-order valence-corrected chi connectivity index (χ0v) is 16.7. The molecule has 8 nitrogen and oxygen atoms in total. The van der Waals surface area contributed by atoms with E-state index in [1.807, 2.05) is 37.3 Å². The number of carbonyl (C=O) groups excluding carboxylic acids is 1. The first-order valence-corrected chi connectivity index (χ1v) is 9.60. The van der Waals surface area contributed by atoms with Gasteiger partial charge in [0, 0.05) is 11.1 Å². The molecule has 30 heavy (non-hydrogen) atoms. The Morgan fingerprint density at radius 1 is 1.10 bits per heavy atom. The van der Waals surface area contributed by atoms with Crippen molar-refractivity contribution in [2.24, 2.45) is 0 Å². The molecule has 152 valence electrons. The Balaban J connectivity index is 1.62. The molecule has 0 fully saturated rings. The zero-order chi connectivity index (χ0) is 21.1. The summed E-state index contributed by atoms with van der Waals surface area (Å²) in [6.07, 6.45) is 1.62. The molecule has 0 radical (unpaired) electrons. The maximum atomic E-state index is 13.1. The van der Waals surface area contributed by atoms with Crippen molar-refractivity contribution in [1.29, 1.82) is 0 Å². The number of aromatic nitrogens is 4. The minimum absolute atomic E-state index is 0.206. The minimum atomic E-state index is -0.376. The summed E-state index contributed by atoms with van der Waals surface area (Å²) in [4.78, 5) is 25.6. The fraction of sp³-hybridized carbons (Fsp3) is 0.182. The molecule has 1 N–H and O–H groups in total. The van der Waals surface area contributed by atoms with E-state index in [9.17, 15) is 9.59 Å². The Morgan fingerprint density at radius 3 is 2.53 bits per heavy atom. The number of rotatable bonds is 6. The van der Waals surface area contributed by atoms with Gasteiger partial charge in [0.2, 0.25) is 5.91 Å². The summed E-state index contributed by atoms with van der Waals surface area (Å²) in [5, 5.41) is 12.1. The van der Waals surface area contributed by atoms with Gasteiger partial charge < -0.3 is 10.1 Å². The maximum absolute atomic E-state index is 13.1. The summed E-state index contributed by atoms with van der Waals surface area (Å²) < 4.78 is 8.14. The van der Waals surface area contributed by atoms with Crippen LogP contribution in [0.1, 0.15) is 12.6 Å². The summed E-state index contributed by atoms with van der Waals surface area (Å²) in [5.41, 5.74) is 2.02. The lowest BCUT2D eigenvalue weighted by Gasteiger charge is -2.10. The average molecular weight is 403 g/mol. The van der Waals surface area contributed by atoms with Crippen molar-refractivity contribution in [3.63, 3.8) is 0 Å². The fourth-order valence-corrected chi connectivity index (χ4v) is 3.23. The van der Waals surface area contributed by atoms with E-state index in [2.05, 4.69) is 15.5 Å². The van der Waals surface area contributed by atoms with Gasteiger partial charge in [-0.2, -0.15) is 10.2 Å². The van der Waals surface area contributed by atoms with Crippen LogP contribution in [0.15, 0.2) is 65.6 Å². The van der Waals surface area contributed by atoms with E-state index in [0.717, 1.165) is 11.4 Å². The largest absolute Gasteiger partial charge is 0.494 e. The van der Waals surface area contributed by atoms with Crippen molar-refractivity contribution in [1.82, 2.24) is 19.6 Å². The molecule has 0 unspecified atom stereocenters. The molecule has 0 atom stereocenters. The highest BCUT2D eigenvalue weighted by molar-refractivity contribution is 5.90. The van der Waals surface area contributed by atoms with Crippen LogP contribution in [0.4, 0.5) is 5.69 Å². The molecule has 0 saturated heterocycles. The van der Waals surface area contributed by atoms with E-state index >= 15 is 0 Å². The molecular weight excluding hydrogens is 382 g/mol. The summed E-state index contributed by atoms with van der Waals surface area (Å²) in [6.45, 7) is 4.06. The van der Waals surface area contributed by atoms with Crippen LogP contribution in [0, 0.1) is 6.92 Å². The summed E-state index contributed by atoms with van der Waals surface area (Å²) >= 11 is 0. The molecule has 0 aliphatic rings. The molecule has 4 aromatic rings. The van der Waals surface area contributed by atoms with Crippen molar-refractivity contribution in [3.05, 3.63) is 76.8 Å². The van der Waals surface area contributed by atoms with Crippen molar-refractivity contribution in [3.8, 4) is 11.4 Å². The first-order valence-electron chi connectivity index (χ1n) is 9.60. The smallest absolute Gasteiger partial charge is 0.293 e. The van der Waals surface area contributed by atoms with Gasteiger partial charge >= 0.3 is 0 Å². The van der Waals surface area contributed by atoms with Crippen LogP contribution in [0.3, 0.4) is 0 Å². The second kappa shape index (κ2) is 8.20. The first kappa shape index (κ1) is 19.4. The highest BCUT2D eigenvalue weighted by Crippen LogP contribution is 2.17. The van der Waals surface area contributed by atoms with Gasteiger partial charge in [0.05, 0.1) is 24.2 Å². The number of carbonyl (C=O) groups is 1. The number of nitrogens with one attached hydrogen (secondary N) is 1. The molecule has 0 aliphatic carbocycles. The number of hydrogen-bond acceptors (Lipinski definition) is 5. The van der Waals surface area contributed by atoms with Crippen molar-refractivity contribution >= 4 is 22.5 Å². The van der Waals surface area contributed by atoms with Gasteiger partial charge in [0.25, 0.3) is 5.56 Å². The van der Waals surface area contributed by atoms with E-state index in [1.54, 1.807) is 42.1 Å². The Morgan fingerprint density at radius 2 is 1.83 bits per heavy atom. The molecule has 2 aromatic carbocycles. The van der Waals surface area contributed by atoms with Crippen LogP contribution in [-0.4, -0.2) is 32.1 Å². The van der Waals surface area contributed by atoms with Gasteiger partial charge in [-0.25, -0.2) is 9.36 Å². The molecule has 4 rings (SSSR count). The normalized spacial score (nSPS) is 10.9. The minimum Gasteiger partial charge on any atom is -0.494 e. The molecule has 2 aromatic heterocycles. The highest BCUT2D eigenvalue weighted by atomic mass is 16.5. The van der Waals surface area contributed by atoms with Gasteiger partial charge in [-0.3, -0.25) is 9.59 Å². The van der Waals surface area contributed by atoms with Crippen LogP contribution >= 0.6 is 0 Å². The van der Waals surface area contributed by atoms with Crippen LogP contribution in [0.5, 0.6) is 5.75 Å². The van der Waals surface area contributed by atoms with Gasteiger partial charge in [0.15, 0.2) is 0 Å². The number of hydrogen-bond donors (Lipinski definition) is 1. The monoisotopic (exact) mass is 403 g/mol. The predicted molar refractivity (Wildman–Crippen MR) is 114 cm³/mol. The van der Waals surface area contributed by atoms with Gasteiger partial charge in [0.1, 0.15) is 17.8 Å². The first-order chi connectivity index (χ1) is 14.6. The van der Waals surface area contributed by atoms with E-state index in [0.29, 0.717) is 28.9 Å². The van der Waals surface area contributed by atoms with Crippen LogP contribution in [0.2, 0.25) is 0 Å². The van der Waals surface area contributed by atoms with Gasteiger partial charge in [-0.1, -0.05) is 18.2 Å². The van der Waals surface area contributed by atoms with E-state index < -0.39 is 0 Å². The molecule has 0 aliphatic heterocycles. The predicted octanol–water partition coefficient (Wildman–Crippen LogP) is 2.93. The third-order valence-electron chi connectivity index (χ3n) is 4.61. The van der Waals surface area contributed by atoms with E-state index in [-0.39, 0.29) is 18.0 Å². The molecule has 1 amide bonds. The Bertz CT molecular complexity index is 1240. The van der Waals surface area contributed by atoms with Gasteiger partial charge in [-0.05, 0) is 50.2 Å². The number of aryl methyl sites for hydroxylation is 1. The number of nitrogens with zero attached hydrogens (tertiary/aromatic N) is 4. The second-order valence-corrected chi connectivity index (χ2v) is 6.71. The summed E-state index contributed by atoms with van der Waals surface area (Å²) in [6, 6.07) is 16.4. The second-order valence-electron chi connectivity index (χ2n) is 6.71. The van der Waals surface area contributed by atoms with Crippen molar-refractivity contribution in [2.75, 3.05) is 11.9 Å². The van der Waals surface area contributed by atoms with E-state index in [1.165, 1.54) is 4.68 Å². The van der Waals surface area contributed by atoms with Crippen LogP contribution in [-0.2, 0) is 11.3 Å². The molecule has 0 spiro atoms. The summed E-state index contributed by atoms with van der Waals surface area (Å²) in [7, 11) is 0. The number of amides is 1. The third kappa shape index (κ3) is 3.80. The fourth-order valence-electron chi connectivity index (χ4n) is 3.23. The average Bonchev–Trinajstić information content (AvgIpc) is 3.20. The Kier molecular flexibility index (Phi) is 5.30. The van der Waals surface area contributed by atoms with E-state index in [4.69, 9.17) is 4.74 Å². The Labute approximate surface area is 172 Å². The molecule has 0 saturated carbocycles. The molecule has 0 bridgehead atoms. The van der Waals surface area contributed by atoms with Crippen LogP contribution < -0.4 is 15.6 Å². The standard InChI is InChI=1S/C22H21N5O3/c1-3-30-18-11-9-16(10-12-18)24-20(28)14-26-22(29)21-19(15(2)25-26)13-23-27(21)17-7-5-4-6-8-17/h4-13H,3,14H2,1-2H3,(H,24,28). The maximum Gasteiger partial charge on any atom is 0.293 e. The lowest BCUT2D eigenvalue weighted by atomic mass is 10.2. The topological polar surface area (TPSA) is 91.0 Å². The highest BCUT2D eigenvalue weighted by Gasteiger charge is 2.16.